The molecule has 17 heavy (non-hydrogen) atoms. The molecule has 0 bridgehead atoms. The molecule has 0 radical (unpaired) electrons. The van der Waals surface area contributed by atoms with E-state index in [0.717, 1.165) is 37.4 Å². The molecule has 4 unspecified atom stereocenters. The van der Waals surface area contributed by atoms with Crippen LogP contribution < -0.4 is 11.1 Å². The third-order valence-corrected chi connectivity index (χ3v) is 5.31. The molecule has 1 amide bonds. The van der Waals surface area contributed by atoms with Crippen LogP contribution in [0.4, 0.5) is 0 Å². The van der Waals surface area contributed by atoms with E-state index in [4.69, 9.17) is 5.73 Å². The van der Waals surface area contributed by atoms with E-state index in [-0.39, 0.29) is 17.9 Å². The Bertz CT molecular complexity index is 272. The fourth-order valence-electron chi connectivity index (χ4n) is 3.11. The molecule has 0 aromatic rings. The lowest BCUT2D eigenvalue weighted by Gasteiger charge is -2.30. The van der Waals surface area contributed by atoms with Crippen molar-refractivity contribution in [3.8, 4) is 0 Å². The van der Waals surface area contributed by atoms with Gasteiger partial charge in [-0.15, -0.1) is 0 Å². The van der Waals surface area contributed by atoms with Gasteiger partial charge in [-0.3, -0.25) is 4.79 Å². The Labute approximate surface area is 108 Å². The molecule has 0 spiro atoms. The van der Waals surface area contributed by atoms with Crippen LogP contribution in [0.1, 0.15) is 44.9 Å². The molecular weight excluding hydrogens is 232 g/mol. The topological polar surface area (TPSA) is 55.1 Å². The zero-order valence-corrected chi connectivity index (χ0v) is 11.5. The lowest BCUT2D eigenvalue weighted by atomic mass is 9.93. The van der Waals surface area contributed by atoms with Crippen LogP contribution in [0.25, 0.3) is 0 Å². The molecule has 2 aliphatic carbocycles. The first kappa shape index (κ1) is 13.2. The minimum atomic E-state index is 0.0738. The van der Waals surface area contributed by atoms with Crippen molar-refractivity contribution in [2.45, 2.75) is 62.3 Å². The maximum atomic E-state index is 12.1. The van der Waals surface area contributed by atoms with Gasteiger partial charge in [0.15, 0.2) is 0 Å². The highest BCUT2D eigenvalue weighted by atomic mass is 32.2. The van der Waals surface area contributed by atoms with Crippen LogP contribution in [0, 0.1) is 5.92 Å². The fourth-order valence-corrected chi connectivity index (χ4v) is 3.94. The maximum Gasteiger partial charge on any atom is 0.224 e. The van der Waals surface area contributed by atoms with Gasteiger partial charge in [0.05, 0.1) is 5.92 Å². The maximum absolute atomic E-state index is 12.1. The van der Waals surface area contributed by atoms with E-state index in [1.807, 2.05) is 11.8 Å². The highest BCUT2D eigenvalue weighted by Gasteiger charge is 2.32. The summed E-state index contributed by atoms with van der Waals surface area (Å²) in [5.74, 6) is 0.284. The van der Waals surface area contributed by atoms with Crippen molar-refractivity contribution in [3.63, 3.8) is 0 Å². The average Bonchev–Trinajstić information content (AvgIpc) is 2.76. The minimum absolute atomic E-state index is 0.0738. The number of hydrogen-bond acceptors (Lipinski definition) is 3. The molecule has 0 saturated heterocycles. The van der Waals surface area contributed by atoms with Crippen LogP contribution in [0.15, 0.2) is 0 Å². The second-order valence-electron chi connectivity index (χ2n) is 5.43. The monoisotopic (exact) mass is 256 g/mol. The predicted molar refractivity (Wildman–Crippen MR) is 73.0 cm³/mol. The molecule has 4 atom stereocenters. The van der Waals surface area contributed by atoms with Gasteiger partial charge in [-0.2, -0.15) is 11.8 Å². The van der Waals surface area contributed by atoms with E-state index in [2.05, 4.69) is 11.6 Å². The minimum Gasteiger partial charge on any atom is -0.353 e. The molecule has 2 rings (SSSR count). The molecule has 0 aromatic carbocycles. The van der Waals surface area contributed by atoms with E-state index < -0.39 is 0 Å². The Morgan fingerprint density at radius 1 is 1.24 bits per heavy atom. The van der Waals surface area contributed by atoms with Crippen LogP contribution >= 0.6 is 11.8 Å². The smallest absolute Gasteiger partial charge is 0.224 e. The van der Waals surface area contributed by atoms with Crippen molar-refractivity contribution in [1.29, 1.82) is 0 Å². The molecule has 4 heteroatoms. The predicted octanol–water partition coefficient (Wildman–Crippen LogP) is 1.90. The number of thioether (sulfide) groups is 1. The summed E-state index contributed by atoms with van der Waals surface area (Å²) in [6.45, 7) is 0. The summed E-state index contributed by atoms with van der Waals surface area (Å²) in [7, 11) is 0. The summed E-state index contributed by atoms with van der Waals surface area (Å²) in [5.41, 5.74) is 5.97. The summed E-state index contributed by atoms with van der Waals surface area (Å²) < 4.78 is 0. The van der Waals surface area contributed by atoms with Gasteiger partial charge in [0.1, 0.15) is 0 Å². The molecule has 3 N–H and O–H groups in total. The fraction of sp³-hybridized carbons (Fsp3) is 0.923. The molecule has 3 nitrogen and oxygen atoms in total. The summed E-state index contributed by atoms with van der Waals surface area (Å²) >= 11 is 1.93. The summed E-state index contributed by atoms with van der Waals surface area (Å²) in [4.78, 5) is 12.1. The highest BCUT2D eigenvalue weighted by Crippen LogP contribution is 2.28. The first-order chi connectivity index (χ1) is 8.20. The van der Waals surface area contributed by atoms with Gasteiger partial charge >= 0.3 is 0 Å². The van der Waals surface area contributed by atoms with E-state index >= 15 is 0 Å². The molecule has 98 valence electrons. The van der Waals surface area contributed by atoms with E-state index in [9.17, 15) is 4.79 Å². The number of carbonyl (C=O) groups excluding carboxylic acids is 1. The van der Waals surface area contributed by atoms with Crippen molar-refractivity contribution in [2.24, 2.45) is 11.7 Å². The molecule has 0 aromatic heterocycles. The van der Waals surface area contributed by atoms with Crippen LogP contribution in [0.5, 0.6) is 0 Å². The number of amides is 1. The summed E-state index contributed by atoms with van der Waals surface area (Å²) in [6.07, 6.45) is 10.1. The second kappa shape index (κ2) is 6.10. The number of nitrogens with one attached hydrogen (secondary N) is 1. The number of hydrogen-bond donors (Lipinski definition) is 2. The highest BCUT2D eigenvalue weighted by molar-refractivity contribution is 7.99. The first-order valence-corrected chi connectivity index (χ1v) is 8.08. The first-order valence-electron chi connectivity index (χ1n) is 6.79. The molecule has 2 saturated carbocycles. The number of nitrogens with two attached hydrogens (primary N) is 1. The van der Waals surface area contributed by atoms with Crippen molar-refractivity contribution in [2.75, 3.05) is 6.26 Å². The van der Waals surface area contributed by atoms with E-state index in [1.165, 1.54) is 12.8 Å². The zero-order chi connectivity index (χ0) is 12.3. The van der Waals surface area contributed by atoms with Crippen LogP contribution in [0.2, 0.25) is 0 Å². The Balaban J connectivity index is 1.81. The van der Waals surface area contributed by atoms with Gasteiger partial charge in [0.25, 0.3) is 0 Å². The van der Waals surface area contributed by atoms with Crippen molar-refractivity contribution in [1.82, 2.24) is 5.32 Å². The lowest BCUT2D eigenvalue weighted by Crippen LogP contribution is -2.45. The van der Waals surface area contributed by atoms with E-state index in [0.29, 0.717) is 6.04 Å². The SMILES string of the molecule is CSC1CCCC(NC(=O)C2CCCC2N)C1. The van der Waals surface area contributed by atoms with Gasteiger partial charge < -0.3 is 11.1 Å². The lowest BCUT2D eigenvalue weighted by molar-refractivity contribution is -0.126. The Hall–Kier alpha value is -0.220. The zero-order valence-electron chi connectivity index (χ0n) is 10.7. The quantitative estimate of drug-likeness (QED) is 0.811. The van der Waals surface area contributed by atoms with Gasteiger partial charge in [-0.1, -0.05) is 12.8 Å². The Morgan fingerprint density at radius 3 is 2.65 bits per heavy atom. The van der Waals surface area contributed by atoms with Gasteiger partial charge in [0, 0.05) is 17.3 Å². The summed E-state index contributed by atoms with van der Waals surface area (Å²) in [6, 6.07) is 0.483. The average molecular weight is 256 g/mol. The molecular formula is C13H24N2OS. The summed E-state index contributed by atoms with van der Waals surface area (Å²) in [5, 5.41) is 3.95. The van der Waals surface area contributed by atoms with Gasteiger partial charge in [-0.05, 0) is 38.4 Å². The second-order valence-corrected chi connectivity index (χ2v) is 6.57. The van der Waals surface area contributed by atoms with E-state index in [1.54, 1.807) is 0 Å². The van der Waals surface area contributed by atoms with Crippen LogP contribution in [-0.2, 0) is 4.79 Å². The largest absolute Gasteiger partial charge is 0.353 e. The third-order valence-electron chi connectivity index (χ3n) is 4.21. The van der Waals surface area contributed by atoms with Crippen molar-refractivity contribution < 1.29 is 4.79 Å². The standard InChI is InChI=1S/C13H24N2OS/c1-17-10-5-2-4-9(8-10)15-13(16)11-6-3-7-12(11)14/h9-12H,2-8,14H2,1H3,(H,15,16). The van der Waals surface area contributed by atoms with Crippen molar-refractivity contribution in [3.05, 3.63) is 0 Å². The number of rotatable bonds is 3. The molecule has 2 fully saturated rings. The van der Waals surface area contributed by atoms with Crippen LogP contribution in [0.3, 0.4) is 0 Å². The molecule has 2 aliphatic rings. The van der Waals surface area contributed by atoms with Gasteiger partial charge in [0.2, 0.25) is 5.91 Å². The number of carbonyl (C=O) groups is 1. The Kier molecular flexibility index (Phi) is 4.74. The third kappa shape index (κ3) is 3.38. The molecule has 0 heterocycles. The van der Waals surface area contributed by atoms with Gasteiger partial charge in [-0.25, -0.2) is 0 Å². The normalized spacial score (nSPS) is 38.0. The van der Waals surface area contributed by atoms with Crippen molar-refractivity contribution >= 4 is 17.7 Å². The molecule has 0 aliphatic heterocycles. The van der Waals surface area contributed by atoms with Crippen LogP contribution in [-0.4, -0.2) is 29.5 Å². The Morgan fingerprint density at radius 2 is 2.00 bits per heavy atom.